The van der Waals surface area contributed by atoms with Crippen molar-refractivity contribution in [1.82, 2.24) is 10.3 Å². The second-order valence-electron chi connectivity index (χ2n) is 5.80. The van der Waals surface area contributed by atoms with Crippen LogP contribution < -0.4 is 10.0 Å². The van der Waals surface area contributed by atoms with E-state index in [9.17, 15) is 17.2 Å². The predicted octanol–water partition coefficient (Wildman–Crippen LogP) is 3.55. The summed E-state index contributed by atoms with van der Waals surface area (Å²) in [4.78, 5) is 4.09. The Labute approximate surface area is 156 Å². The molecule has 2 aromatic carbocycles. The van der Waals surface area contributed by atoms with E-state index in [2.05, 4.69) is 15.0 Å². The van der Waals surface area contributed by atoms with Gasteiger partial charge in [0, 0.05) is 29.4 Å². The summed E-state index contributed by atoms with van der Waals surface area (Å²) >= 11 is 0. The first kappa shape index (κ1) is 18.9. The molecule has 0 aliphatic rings. The Hall–Kier alpha value is -2.84. The van der Waals surface area contributed by atoms with Crippen molar-refractivity contribution in [2.45, 2.75) is 11.4 Å². The van der Waals surface area contributed by atoms with Gasteiger partial charge in [0.05, 0.1) is 4.90 Å². The van der Waals surface area contributed by atoms with Crippen LogP contribution in [0, 0.1) is 11.6 Å². The Kier molecular flexibility index (Phi) is 5.48. The van der Waals surface area contributed by atoms with Crippen LogP contribution in [0.1, 0.15) is 5.56 Å². The summed E-state index contributed by atoms with van der Waals surface area (Å²) < 4.78 is 54.5. The molecule has 0 amide bonds. The molecular formula is C19H17F2N3O2S. The third-order valence-electron chi connectivity index (χ3n) is 3.87. The number of halogens is 2. The van der Waals surface area contributed by atoms with Crippen LogP contribution in [-0.2, 0) is 16.6 Å². The van der Waals surface area contributed by atoms with Crippen molar-refractivity contribution in [3.05, 3.63) is 78.0 Å². The highest BCUT2D eigenvalue weighted by molar-refractivity contribution is 7.92. The van der Waals surface area contributed by atoms with Crippen LogP contribution in [0.3, 0.4) is 0 Å². The molecule has 27 heavy (non-hydrogen) atoms. The van der Waals surface area contributed by atoms with Crippen LogP contribution >= 0.6 is 0 Å². The maximum absolute atomic E-state index is 14.0. The van der Waals surface area contributed by atoms with Gasteiger partial charge in [-0.15, -0.1) is 0 Å². The topological polar surface area (TPSA) is 71.1 Å². The fourth-order valence-electron chi connectivity index (χ4n) is 2.57. The van der Waals surface area contributed by atoms with Crippen molar-refractivity contribution in [2.24, 2.45) is 0 Å². The predicted molar refractivity (Wildman–Crippen MR) is 99.6 cm³/mol. The fraction of sp³-hybridized carbons (Fsp3) is 0.105. The molecule has 0 unspecified atom stereocenters. The average Bonchev–Trinajstić information content (AvgIpc) is 2.64. The molecule has 2 N–H and O–H groups in total. The number of anilines is 1. The molecule has 1 aromatic heterocycles. The van der Waals surface area contributed by atoms with Gasteiger partial charge in [0.2, 0.25) is 0 Å². The molecule has 0 atom stereocenters. The zero-order valence-corrected chi connectivity index (χ0v) is 15.2. The summed E-state index contributed by atoms with van der Waals surface area (Å²) in [5.74, 6) is -0.805. The molecular weight excluding hydrogens is 372 g/mol. The minimum Gasteiger partial charge on any atom is -0.316 e. The number of aromatic nitrogens is 1. The lowest BCUT2D eigenvalue weighted by Gasteiger charge is -2.13. The number of hydrogen-bond donors (Lipinski definition) is 2. The molecule has 3 aromatic rings. The standard InChI is InChI=1S/C19H17F2N3O2S/c1-22-11-14-10-13(17-4-2-3-5-18(17)21)12-23-19(14)24-27(25,26)16-8-6-15(20)7-9-16/h2-10,12,22H,11H2,1H3,(H,23,24). The van der Waals surface area contributed by atoms with Crippen LogP contribution in [0.25, 0.3) is 11.1 Å². The molecule has 5 nitrogen and oxygen atoms in total. The lowest BCUT2D eigenvalue weighted by Crippen LogP contribution is -2.17. The molecule has 0 saturated heterocycles. The minimum atomic E-state index is -3.94. The Balaban J connectivity index is 1.98. The zero-order chi connectivity index (χ0) is 19.4. The number of sulfonamides is 1. The smallest absolute Gasteiger partial charge is 0.263 e. The molecule has 0 aliphatic carbocycles. The van der Waals surface area contributed by atoms with Gasteiger partial charge in [-0.2, -0.15) is 0 Å². The number of nitrogens with one attached hydrogen (secondary N) is 2. The van der Waals surface area contributed by atoms with Gasteiger partial charge in [-0.1, -0.05) is 18.2 Å². The summed E-state index contributed by atoms with van der Waals surface area (Å²) in [5.41, 5.74) is 1.45. The van der Waals surface area contributed by atoms with E-state index < -0.39 is 21.7 Å². The summed E-state index contributed by atoms with van der Waals surface area (Å²) in [6.45, 7) is 0.316. The Morgan fingerprint density at radius 1 is 1.04 bits per heavy atom. The van der Waals surface area contributed by atoms with Crippen LogP contribution in [0.2, 0.25) is 0 Å². The van der Waals surface area contributed by atoms with E-state index in [0.29, 0.717) is 23.2 Å². The van der Waals surface area contributed by atoms with Gasteiger partial charge >= 0.3 is 0 Å². The third kappa shape index (κ3) is 4.29. The molecule has 0 fully saturated rings. The van der Waals surface area contributed by atoms with E-state index in [4.69, 9.17) is 0 Å². The van der Waals surface area contributed by atoms with Crippen LogP contribution in [0.4, 0.5) is 14.6 Å². The lowest BCUT2D eigenvalue weighted by atomic mass is 10.0. The molecule has 3 rings (SSSR count). The van der Waals surface area contributed by atoms with E-state index in [1.54, 1.807) is 31.3 Å². The average molecular weight is 389 g/mol. The lowest BCUT2D eigenvalue weighted by molar-refractivity contribution is 0.599. The van der Waals surface area contributed by atoms with Crippen LogP contribution in [0.15, 0.2) is 65.7 Å². The molecule has 0 radical (unpaired) electrons. The second-order valence-corrected chi connectivity index (χ2v) is 7.48. The summed E-state index contributed by atoms with van der Waals surface area (Å²) in [6, 6.07) is 12.4. The van der Waals surface area contributed by atoms with Crippen LogP contribution in [-0.4, -0.2) is 20.4 Å². The first-order valence-electron chi connectivity index (χ1n) is 8.07. The molecule has 1 heterocycles. The van der Waals surface area contributed by atoms with Crippen molar-refractivity contribution in [2.75, 3.05) is 11.8 Å². The first-order chi connectivity index (χ1) is 12.9. The van der Waals surface area contributed by atoms with Crippen LogP contribution in [0.5, 0.6) is 0 Å². The summed E-state index contributed by atoms with van der Waals surface area (Å²) in [5, 5.41) is 2.93. The number of nitrogens with zero attached hydrogens (tertiary/aromatic N) is 1. The highest BCUT2D eigenvalue weighted by Crippen LogP contribution is 2.26. The SMILES string of the molecule is CNCc1cc(-c2ccccc2F)cnc1NS(=O)(=O)c1ccc(F)cc1. The fourth-order valence-corrected chi connectivity index (χ4v) is 3.62. The second kappa shape index (κ2) is 7.81. The number of hydrogen-bond acceptors (Lipinski definition) is 4. The largest absolute Gasteiger partial charge is 0.316 e. The van der Waals surface area contributed by atoms with Gasteiger partial charge in [-0.05, 0) is 43.4 Å². The molecule has 8 heteroatoms. The normalized spacial score (nSPS) is 11.4. The van der Waals surface area contributed by atoms with Gasteiger partial charge in [-0.25, -0.2) is 22.2 Å². The van der Waals surface area contributed by atoms with Gasteiger partial charge in [0.1, 0.15) is 17.5 Å². The van der Waals surface area contributed by atoms with Crippen molar-refractivity contribution in [3.8, 4) is 11.1 Å². The monoisotopic (exact) mass is 389 g/mol. The summed E-state index contributed by atoms with van der Waals surface area (Å²) in [6.07, 6.45) is 1.40. The van der Waals surface area contributed by atoms with E-state index in [1.807, 2.05) is 0 Å². The molecule has 0 saturated carbocycles. The number of rotatable bonds is 6. The van der Waals surface area contributed by atoms with Crippen molar-refractivity contribution >= 4 is 15.8 Å². The molecule has 140 valence electrons. The quantitative estimate of drug-likeness (QED) is 0.676. The Morgan fingerprint density at radius 3 is 2.41 bits per heavy atom. The highest BCUT2D eigenvalue weighted by Gasteiger charge is 2.18. The minimum absolute atomic E-state index is 0.0840. The van der Waals surface area contributed by atoms with E-state index in [1.165, 1.54) is 24.4 Å². The van der Waals surface area contributed by atoms with Gasteiger partial charge < -0.3 is 5.32 Å². The molecule has 0 aliphatic heterocycles. The maximum atomic E-state index is 14.0. The molecule has 0 spiro atoms. The van der Waals surface area contributed by atoms with Crippen molar-refractivity contribution < 1.29 is 17.2 Å². The Bertz CT molecular complexity index is 1050. The summed E-state index contributed by atoms with van der Waals surface area (Å²) in [7, 11) is -2.24. The first-order valence-corrected chi connectivity index (χ1v) is 9.56. The highest BCUT2D eigenvalue weighted by atomic mass is 32.2. The number of benzene rings is 2. The van der Waals surface area contributed by atoms with E-state index in [0.717, 1.165) is 12.1 Å². The zero-order valence-electron chi connectivity index (χ0n) is 14.4. The van der Waals surface area contributed by atoms with E-state index in [-0.39, 0.29) is 10.7 Å². The van der Waals surface area contributed by atoms with Crippen molar-refractivity contribution in [3.63, 3.8) is 0 Å². The van der Waals surface area contributed by atoms with Crippen molar-refractivity contribution in [1.29, 1.82) is 0 Å². The Morgan fingerprint density at radius 2 is 1.74 bits per heavy atom. The van der Waals surface area contributed by atoms with Gasteiger partial charge in [0.15, 0.2) is 0 Å². The van der Waals surface area contributed by atoms with Gasteiger partial charge in [0.25, 0.3) is 10.0 Å². The van der Waals surface area contributed by atoms with Gasteiger partial charge in [-0.3, -0.25) is 4.72 Å². The maximum Gasteiger partial charge on any atom is 0.263 e. The molecule has 0 bridgehead atoms. The third-order valence-corrected chi connectivity index (χ3v) is 5.23. The number of pyridine rings is 1. The van der Waals surface area contributed by atoms with E-state index >= 15 is 0 Å².